The highest BCUT2D eigenvalue weighted by Crippen LogP contribution is 2.48. The number of nitrogens with two attached hydrogens (primary N) is 1. The average molecular weight is 320 g/mol. The van der Waals surface area contributed by atoms with E-state index in [9.17, 15) is 13.2 Å². The fraction of sp³-hybridized carbons (Fsp3) is 0.800. The monoisotopic (exact) mass is 320 g/mol. The predicted molar refractivity (Wildman–Crippen MR) is 79.2 cm³/mol. The Labute approximate surface area is 128 Å². The van der Waals surface area contributed by atoms with Crippen molar-refractivity contribution in [2.45, 2.75) is 52.1 Å². The van der Waals surface area contributed by atoms with Gasteiger partial charge in [-0.25, -0.2) is 4.98 Å². The van der Waals surface area contributed by atoms with Crippen molar-refractivity contribution < 1.29 is 13.2 Å². The SMILES string of the molecule is CC(C)(C)C1CCC(CN)C(c2cnc(C(F)(F)F)s2)C1. The van der Waals surface area contributed by atoms with Crippen molar-refractivity contribution in [3.8, 4) is 0 Å². The van der Waals surface area contributed by atoms with Gasteiger partial charge in [0.2, 0.25) is 0 Å². The third kappa shape index (κ3) is 3.77. The molecule has 3 unspecified atom stereocenters. The van der Waals surface area contributed by atoms with Gasteiger partial charge in [0, 0.05) is 11.1 Å². The first-order valence-corrected chi connectivity index (χ1v) is 8.17. The predicted octanol–water partition coefficient (Wildman–Crippen LogP) is 4.67. The summed E-state index contributed by atoms with van der Waals surface area (Å²) >= 11 is 0.786. The number of aromatic nitrogens is 1. The first-order chi connectivity index (χ1) is 9.63. The van der Waals surface area contributed by atoms with Crippen LogP contribution in [-0.4, -0.2) is 11.5 Å². The Morgan fingerprint density at radius 3 is 2.43 bits per heavy atom. The van der Waals surface area contributed by atoms with Crippen LogP contribution in [-0.2, 0) is 6.18 Å². The largest absolute Gasteiger partial charge is 0.443 e. The number of hydrogen-bond acceptors (Lipinski definition) is 3. The zero-order chi connectivity index (χ0) is 15.8. The molecule has 1 aliphatic rings. The summed E-state index contributed by atoms with van der Waals surface area (Å²) in [5.74, 6) is 0.897. The third-order valence-corrected chi connectivity index (χ3v) is 5.83. The van der Waals surface area contributed by atoms with Gasteiger partial charge in [-0.15, -0.1) is 11.3 Å². The lowest BCUT2D eigenvalue weighted by Crippen LogP contribution is -2.33. The Morgan fingerprint density at radius 2 is 1.95 bits per heavy atom. The molecule has 3 atom stereocenters. The standard InChI is InChI=1S/C15H23F3N2S/c1-14(2,3)10-5-4-9(7-19)11(6-10)12-8-20-13(21-12)15(16,17)18/h8-11H,4-7,19H2,1-3H3. The second-order valence-electron chi connectivity index (χ2n) is 7.04. The van der Waals surface area contributed by atoms with Crippen molar-refractivity contribution in [2.75, 3.05) is 6.54 Å². The van der Waals surface area contributed by atoms with Crippen molar-refractivity contribution in [1.82, 2.24) is 4.98 Å². The number of alkyl halides is 3. The molecule has 1 saturated carbocycles. The average Bonchev–Trinajstić information content (AvgIpc) is 2.86. The van der Waals surface area contributed by atoms with Crippen molar-refractivity contribution in [2.24, 2.45) is 23.0 Å². The molecule has 2 rings (SSSR count). The van der Waals surface area contributed by atoms with Crippen LogP contribution in [0.15, 0.2) is 6.20 Å². The van der Waals surface area contributed by atoms with Crippen molar-refractivity contribution in [1.29, 1.82) is 0 Å². The van der Waals surface area contributed by atoms with Gasteiger partial charge in [0.1, 0.15) is 0 Å². The molecule has 2 nitrogen and oxygen atoms in total. The minimum atomic E-state index is -4.35. The molecule has 120 valence electrons. The molecular weight excluding hydrogens is 297 g/mol. The van der Waals surface area contributed by atoms with Crippen molar-refractivity contribution in [3.05, 3.63) is 16.1 Å². The number of rotatable bonds is 2. The third-order valence-electron chi connectivity index (χ3n) is 4.65. The smallest absolute Gasteiger partial charge is 0.330 e. The summed E-state index contributed by atoms with van der Waals surface area (Å²) in [4.78, 5) is 4.31. The maximum atomic E-state index is 12.7. The normalized spacial score (nSPS) is 27.9. The maximum Gasteiger partial charge on any atom is 0.443 e. The second kappa shape index (κ2) is 5.88. The molecule has 0 aromatic carbocycles. The Balaban J connectivity index is 2.23. The highest BCUT2D eigenvalue weighted by atomic mass is 32.1. The van der Waals surface area contributed by atoms with E-state index < -0.39 is 11.2 Å². The summed E-state index contributed by atoms with van der Waals surface area (Å²) in [6, 6.07) is 0. The molecule has 1 aromatic heterocycles. The molecule has 6 heteroatoms. The second-order valence-corrected chi connectivity index (χ2v) is 8.11. The van der Waals surface area contributed by atoms with Crippen LogP contribution in [0.5, 0.6) is 0 Å². The van der Waals surface area contributed by atoms with Crippen molar-refractivity contribution in [3.63, 3.8) is 0 Å². The highest BCUT2D eigenvalue weighted by Gasteiger charge is 2.39. The number of nitrogens with zero attached hydrogens (tertiary/aromatic N) is 1. The Bertz CT molecular complexity index is 476. The van der Waals surface area contributed by atoms with E-state index >= 15 is 0 Å². The van der Waals surface area contributed by atoms with Gasteiger partial charge in [-0.1, -0.05) is 20.8 Å². The van der Waals surface area contributed by atoms with Gasteiger partial charge in [-0.2, -0.15) is 13.2 Å². The minimum Gasteiger partial charge on any atom is -0.330 e. The van der Waals surface area contributed by atoms with Crippen LogP contribution in [0.25, 0.3) is 0 Å². The van der Waals surface area contributed by atoms with E-state index in [2.05, 4.69) is 25.8 Å². The maximum absolute atomic E-state index is 12.7. The molecule has 21 heavy (non-hydrogen) atoms. The number of thiazole rings is 1. The van der Waals surface area contributed by atoms with E-state index in [4.69, 9.17) is 5.73 Å². The molecule has 0 spiro atoms. The molecule has 1 aliphatic carbocycles. The molecule has 0 bridgehead atoms. The first kappa shape index (κ1) is 16.7. The lowest BCUT2D eigenvalue weighted by Gasteiger charge is -2.41. The van der Waals surface area contributed by atoms with Gasteiger partial charge in [-0.3, -0.25) is 0 Å². The Hall–Kier alpha value is -0.620. The van der Waals surface area contributed by atoms with Gasteiger partial charge in [0.05, 0.1) is 0 Å². The summed E-state index contributed by atoms with van der Waals surface area (Å²) in [5, 5.41) is -0.744. The number of halogens is 3. The highest BCUT2D eigenvalue weighted by molar-refractivity contribution is 7.11. The van der Waals surface area contributed by atoms with E-state index in [1.54, 1.807) is 0 Å². The topological polar surface area (TPSA) is 38.9 Å². The summed E-state index contributed by atoms with van der Waals surface area (Å²) in [6.45, 7) is 7.13. The van der Waals surface area contributed by atoms with E-state index in [0.717, 1.165) is 35.5 Å². The Morgan fingerprint density at radius 1 is 1.29 bits per heavy atom. The van der Waals surface area contributed by atoms with Crippen LogP contribution in [0.2, 0.25) is 0 Å². The first-order valence-electron chi connectivity index (χ1n) is 7.36. The van der Waals surface area contributed by atoms with E-state index in [1.807, 2.05) is 0 Å². The van der Waals surface area contributed by atoms with Gasteiger partial charge >= 0.3 is 6.18 Å². The molecule has 1 heterocycles. The fourth-order valence-electron chi connectivity index (χ4n) is 3.24. The summed E-state index contributed by atoms with van der Waals surface area (Å²) in [5.41, 5.74) is 6.02. The van der Waals surface area contributed by atoms with Gasteiger partial charge < -0.3 is 5.73 Å². The van der Waals surface area contributed by atoms with Crippen LogP contribution < -0.4 is 5.73 Å². The molecule has 2 N–H and O–H groups in total. The van der Waals surface area contributed by atoms with Crippen LogP contribution in [0.4, 0.5) is 13.2 Å². The Kier molecular flexibility index (Phi) is 4.69. The van der Waals surface area contributed by atoms with Crippen LogP contribution in [0.3, 0.4) is 0 Å². The molecule has 0 amide bonds. The molecule has 1 aromatic rings. The summed E-state index contributed by atoms with van der Waals surface area (Å²) < 4.78 is 38.2. The van der Waals surface area contributed by atoms with E-state index in [1.165, 1.54) is 6.20 Å². The van der Waals surface area contributed by atoms with Crippen LogP contribution in [0.1, 0.15) is 55.8 Å². The lowest BCUT2D eigenvalue weighted by atomic mass is 9.65. The van der Waals surface area contributed by atoms with Crippen LogP contribution in [0, 0.1) is 17.3 Å². The van der Waals surface area contributed by atoms with E-state index in [-0.39, 0.29) is 17.3 Å². The zero-order valence-electron chi connectivity index (χ0n) is 12.7. The molecule has 0 saturated heterocycles. The molecule has 1 fully saturated rings. The zero-order valence-corrected chi connectivity index (χ0v) is 13.5. The van der Waals surface area contributed by atoms with Gasteiger partial charge in [-0.05, 0) is 49.0 Å². The van der Waals surface area contributed by atoms with Gasteiger partial charge in [0.15, 0.2) is 5.01 Å². The van der Waals surface area contributed by atoms with Crippen molar-refractivity contribution >= 4 is 11.3 Å². The quantitative estimate of drug-likeness (QED) is 0.860. The minimum absolute atomic E-state index is 0.113. The number of hydrogen-bond donors (Lipinski definition) is 1. The van der Waals surface area contributed by atoms with E-state index in [0.29, 0.717) is 12.5 Å². The summed E-state index contributed by atoms with van der Waals surface area (Å²) in [6.07, 6.45) is 0.0606. The molecule has 0 radical (unpaired) electrons. The summed E-state index contributed by atoms with van der Waals surface area (Å²) in [7, 11) is 0. The molecule has 0 aliphatic heterocycles. The molecular formula is C15H23F3N2S. The van der Waals surface area contributed by atoms with Gasteiger partial charge in [0.25, 0.3) is 0 Å². The fourth-order valence-corrected chi connectivity index (χ4v) is 4.23. The lowest BCUT2D eigenvalue weighted by molar-refractivity contribution is -0.137. The van der Waals surface area contributed by atoms with Crippen LogP contribution >= 0.6 is 11.3 Å².